The van der Waals surface area contributed by atoms with Gasteiger partial charge in [0.2, 0.25) is 11.7 Å². The minimum absolute atomic E-state index is 0.188. The van der Waals surface area contributed by atoms with Crippen LogP contribution in [0.4, 0.5) is 0 Å². The minimum atomic E-state index is -1.34. The molecule has 9 heteroatoms. The van der Waals surface area contributed by atoms with Crippen LogP contribution >= 0.6 is 0 Å². The standard InChI is InChI=1S/C16H13N5O4/c1-9(15-20-13(21-25-15)10-5-3-2-4-6-10)19-14(22)11-12(16(23)24)18-8-7-17-11/h2-9H,1H3,(H,19,22)(H,23,24). The molecule has 9 nitrogen and oxygen atoms in total. The predicted molar refractivity (Wildman–Crippen MR) is 84.6 cm³/mol. The van der Waals surface area contributed by atoms with E-state index in [-0.39, 0.29) is 11.6 Å². The molecular formula is C16H13N5O4. The highest BCUT2D eigenvalue weighted by Gasteiger charge is 2.23. The number of aromatic nitrogens is 4. The first kappa shape index (κ1) is 16.2. The number of carbonyl (C=O) groups is 2. The normalized spacial score (nSPS) is 11.7. The number of amides is 1. The Morgan fingerprint density at radius 3 is 2.48 bits per heavy atom. The Kier molecular flexibility index (Phi) is 4.46. The topological polar surface area (TPSA) is 131 Å². The number of carbonyl (C=O) groups excluding carboxylic acids is 1. The number of rotatable bonds is 5. The Bertz CT molecular complexity index is 910. The maximum Gasteiger partial charge on any atom is 0.356 e. The van der Waals surface area contributed by atoms with E-state index in [4.69, 9.17) is 9.63 Å². The molecule has 1 atom stereocenters. The molecule has 0 fully saturated rings. The first-order valence-corrected chi connectivity index (χ1v) is 7.30. The van der Waals surface area contributed by atoms with E-state index in [1.807, 2.05) is 30.3 Å². The molecule has 0 spiro atoms. The van der Waals surface area contributed by atoms with Crippen LogP contribution in [0.15, 0.2) is 47.2 Å². The second-order valence-electron chi connectivity index (χ2n) is 5.08. The molecule has 1 amide bonds. The first-order chi connectivity index (χ1) is 12.1. The SMILES string of the molecule is CC(NC(=O)c1nccnc1C(=O)O)c1nc(-c2ccccc2)no1. The fourth-order valence-corrected chi connectivity index (χ4v) is 2.10. The summed E-state index contributed by atoms with van der Waals surface area (Å²) in [4.78, 5) is 35.0. The summed E-state index contributed by atoms with van der Waals surface area (Å²) in [6.07, 6.45) is 2.44. The van der Waals surface area contributed by atoms with Crippen LogP contribution in [0.5, 0.6) is 0 Å². The summed E-state index contributed by atoms with van der Waals surface area (Å²) in [5.74, 6) is -1.46. The molecule has 2 N–H and O–H groups in total. The van der Waals surface area contributed by atoms with Gasteiger partial charge in [-0.25, -0.2) is 14.8 Å². The van der Waals surface area contributed by atoms with Gasteiger partial charge in [0.1, 0.15) is 6.04 Å². The maximum atomic E-state index is 12.3. The third-order valence-electron chi connectivity index (χ3n) is 3.31. The van der Waals surface area contributed by atoms with Crippen molar-refractivity contribution < 1.29 is 19.2 Å². The lowest BCUT2D eigenvalue weighted by molar-refractivity contribution is 0.0682. The first-order valence-electron chi connectivity index (χ1n) is 7.30. The van der Waals surface area contributed by atoms with Crippen molar-refractivity contribution in [1.29, 1.82) is 0 Å². The van der Waals surface area contributed by atoms with Gasteiger partial charge >= 0.3 is 5.97 Å². The van der Waals surface area contributed by atoms with Crippen molar-refractivity contribution in [3.05, 3.63) is 60.0 Å². The zero-order chi connectivity index (χ0) is 17.8. The Balaban J connectivity index is 1.77. The van der Waals surface area contributed by atoms with Crippen LogP contribution < -0.4 is 5.32 Å². The highest BCUT2D eigenvalue weighted by Crippen LogP contribution is 2.18. The van der Waals surface area contributed by atoms with E-state index in [1.54, 1.807) is 6.92 Å². The van der Waals surface area contributed by atoms with Gasteiger partial charge in [0.15, 0.2) is 11.4 Å². The number of hydrogen-bond acceptors (Lipinski definition) is 7. The van der Waals surface area contributed by atoms with Gasteiger partial charge in [0.05, 0.1) is 0 Å². The summed E-state index contributed by atoms with van der Waals surface area (Å²) in [6, 6.07) is 8.58. The van der Waals surface area contributed by atoms with Gasteiger partial charge < -0.3 is 14.9 Å². The van der Waals surface area contributed by atoms with Crippen molar-refractivity contribution in [3.8, 4) is 11.4 Å². The molecule has 0 aliphatic carbocycles. The summed E-state index contributed by atoms with van der Waals surface area (Å²) in [7, 11) is 0. The molecule has 3 aromatic rings. The number of nitrogens with zero attached hydrogens (tertiary/aromatic N) is 4. The average molecular weight is 339 g/mol. The second kappa shape index (κ2) is 6.87. The Morgan fingerprint density at radius 2 is 1.80 bits per heavy atom. The molecule has 0 saturated carbocycles. The highest BCUT2D eigenvalue weighted by molar-refractivity contribution is 6.02. The molecular weight excluding hydrogens is 326 g/mol. The Labute approximate surface area is 141 Å². The zero-order valence-electron chi connectivity index (χ0n) is 13.1. The van der Waals surface area contributed by atoms with Gasteiger partial charge in [-0.15, -0.1) is 0 Å². The van der Waals surface area contributed by atoms with Crippen molar-refractivity contribution in [2.24, 2.45) is 0 Å². The Morgan fingerprint density at radius 1 is 1.12 bits per heavy atom. The van der Waals surface area contributed by atoms with Gasteiger partial charge in [0.25, 0.3) is 5.91 Å². The van der Waals surface area contributed by atoms with Crippen LogP contribution in [-0.4, -0.2) is 37.1 Å². The van der Waals surface area contributed by atoms with E-state index in [2.05, 4.69) is 25.4 Å². The molecule has 1 unspecified atom stereocenters. The van der Waals surface area contributed by atoms with E-state index < -0.39 is 23.6 Å². The largest absolute Gasteiger partial charge is 0.476 e. The van der Waals surface area contributed by atoms with Crippen molar-refractivity contribution >= 4 is 11.9 Å². The van der Waals surface area contributed by atoms with Gasteiger partial charge in [-0.3, -0.25) is 4.79 Å². The second-order valence-corrected chi connectivity index (χ2v) is 5.08. The highest BCUT2D eigenvalue weighted by atomic mass is 16.5. The number of aromatic carboxylic acids is 1. The van der Waals surface area contributed by atoms with Crippen LogP contribution in [0.25, 0.3) is 11.4 Å². The van der Waals surface area contributed by atoms with Gasteiger partial charge in [-0.05, 0) is 6.92 Å². The lowest BCUT2D eigenvalue weighted by Crippen LogP contribution is -2.29. The van der Waals surface area contributed by atoms with E-state index in [0.29, 0.717) is 5.82 Å². The molecule has 0 radical (unpaired) electrons. The molecule has 1 aromatic carbocycles. The maximum absolute atomic E-state index is 12.3. The zero-order valence-corrected chi connectivity index (χ0v) is 13.1. The summed E-state index contributed by atoms with van der Waals surface area (Å²) < 4.78 is 5.17. The Hall–Kier alpha value is -3.62. The summed E-state index contributed by atoms with van der Waals surface area (Å²) in [6.45, 7) is 1.64. The lowest BCUT2D eigenvalue weighted by Gasteiger charge is -2.09. The molecule has 2 aromatic heterocycles. The van der Waals surface area contributed by atoms with E-state index in [0.717, 1.165) is 5.56 Å². The van der Waals surface area contributed by atoms with Gasteiger partial charge in [0, 0.05) is 18.0 Å². The number of benzene rings is 1. The molecule has 0 bridgehead atoms. The summed E-state index contributed by atoms with van der Waals surface area (Å²) >= 11 is 0. The number of nitrogens with one attached hydrogen (secondary N) is 1. The van der Waals surface area contributed by atoms with Gasteiger partial charge in [-0.1, -0.05) is 35.5 Å². The van der Waals surface area contributed by atoms with Crippen molar-refractivity contribution in [2.45, 2.75) is 13.0 Å². The lowest BCUT2D eigenvalue weighted by atomic mass is 10.2. The number of hydrogen-bond donors (Lipinski definition) is 2. The fraction of sp³-hybridized carbons (Fsp3) is 0.125. The molecule has 2 heterocycles. The number of carboxylic acid groups (broad SMARTS) is 1. The van der Waals surface area contributed by atoms with Crippen LogP contribution in [0.1, 0.15) is 39.8 Å². The van der Waals surface area contributed by atoms with E-state index >= 15 is 0 Å². The fourth-order valence-electron chi connectivity index (χ4n) is 2.10. The monoisotopic (exact) mass is 339 g/mol. The van der Waals surface area contributed by atoms with Crippen LogP contribution in [0.3, 0.4) is 0 Å². The quantitative estimate of drug-likeness (QED) is 0.718. The molecule has 0 aliphatic rings. The van der Waals surface area contributed by atoms with E-state index in [9.17, 15) is 9.59 Å². The predicted octanol–water partition coefficient (Wildman–Crippen LogP) is 1.72. The van der Waals surface area contributed by atoms with Gasteiger partial charge in [-0.2, -0.15) is 4.98 Å². The summed E-state index contributed by atoms with van der Waals surface area (Å²) in [5.41, 5.74) is 0.0606. The van der Waals surface area contributed by atoms with Crippen molar-refractivity contribution in [2.75, 3.05) is 0 Å². The summed E-state index contributed by atoms with van der Waals surface area (Å²) in [5, 5.41) is 15.5. The smallest absolute Gasteiger partial charge is 0.356 e. The molecule has 0 saturated heterocycles. The third kappa shape index (κ3) is 3.50. The third-order valence-corrected chi connectivity index (χ3v) is 3.31. The van der Waals surface area contributed by atoms with E-state index in [1.165, 1.54) is 12.4 Å². The van der Waals surface area contributed by atoms with Crippen LogP contribution in [-0.2, 0) is 0 Å². The molecule has 3 rings (SSSR count). The molecule has 126 valence electrons. The molecule has 25 heavy (non-hydrogen) atoms. The average Bonchev–Trinajstić information content (AvgIpc) is 3.12. The minimum Gasteiger partial charge on any atom is -0.476 e. The van der Waals surface area contributed by atoms with Crippen LogP contribution in [0, 0.1) is 0 Å². The van der Waals surface area contributed by atoms with Crippen molar-refractivity contribution in [3.63, 3.8) is 0 Å². The molecule has 0 aliphatic heterocycles. The number of carboxylic acids is 1. The van der Waals surface area contributed by atoms with Crippen molar-refractivity contribution in [1.82, 2.24) is 25.4 Å². The van der Waals surface area contributed by atoms with Crippen LogP contribution in [0.2, 0.25) is 0 Å².